The summed E-state index contributed by atoms with van der Waals surface area (Å²) in [6.07, 6.45) is 4.01. The number of carbonyl (C=O) groups excluding carboxylic acids is 1. The van der Waals surface area contributed by atoms with Crippen molar-refractivity contribution in [3.63, 3.8) is 0 Å². The van der Waals surface area contributed by atoms with Crippen molar-refractivity contribution in [3.05, 3.63) is 65.0 Å². The predicted molar refractivity (Wildman–Crippen MR) is 122 cm³/mol. The Morgan fingerprint density at radius 1 is 1.10 bits per heavy atom. The van der Waals surface area contributed by atoms with Gasteiger partial charge in [-0.25, -0.2) is 4.98 Å². The molecule has 1 aromatic heterocycles. The van der Waals surface area contributed by atoms with Crippen LogP contribution < -0.4 is 5.32 Å². The molecule has 0 spiro atoms. The number of fused-ring (bicyclic) bond motifs is 1. The van der Waals surface area contributed by atoms with Crippen LogP contribution in [0.3, 0.4) is 0 Å². The molecule has 0 unspecified atom stereocenters. The highest BCUT2D eigenvalue weighted by atomic mass is 16.5. The van der Waals surface area contributed by atoms with Crippen LogP contribution in [0.2, 0.25) is 0 Å². The first-order valence-corrected chi connectivity index (χ1v) is 11.0. The number of nitrogens with one attached hydrogen (secondary N) is 1. The van der Waals surface area contributed by atoms with Gasteiger partial charge in [-0.2, -0.15) is 0 Å². The summed E-state index contributed by atoms with van der Waals surface area (Å²) >= 11 is 0. The van der Waals surface area contributed by atoms with Crippen molar-refractivity contribution in [2.24, 2.45) is 0 Å². The molecule has 1 heterocycles. The summed E-state index contributed by atoms with van der Waals surface area (Å²) in [5.74, 6) is 1.14. The smallest absolute Gasteiger partial charge is 0.251 e. The van der Waals surface area contributed by atoms with Crippen molar-refractivity contribution in [1.82, 2.24) is 14.9 Å². The topological polar surface area (TPSA) is 56.1 Å². The van der Waals surface area contributed by atoms with Gasteiger partial charge in [0.1, 0.15) is 5.82 Å². The molecule has 1 N–H and O–H groups in total. The first-order valence-electron chi connectivity index (χ1n) is 11.0. The van der Waals surface area contributed by atoms with Crippen LogP contribution in [0.4, 0.5) is 0 Å². The Morgan fingerprint density at radius 2 is 1.93 bits per heavy atom. The van der Waals surface area contributed by atoms with Gasteiger partial charge < -0.3 is 14.6 Å². The number of hydrogen-bond acceptors (Lipinski definition) is 3. The minimum absolute atomic E-state index is 0.0187. The highest BCUT2D eigenvalue weighted by molar-refractivity contribution is 5.95. The molecule has 5 nitrogen and oxygen atoms in total. The summed E-state index contributed by atoms with van der Waals surface area (Å²) in [4.78, 5) is 17.2. The molecular weight excluding hydrogens is 374 g/mol. The van der Waals surface area contributed by atoms with E-state index >= 15 is 0 Å². The normalized spacial score (nSPS) is 11.2. The number of hydrogen-bond donors (Lipinski definition) is 1. The molecule has 2 aromatic carbocycles. The number of aromatic nitrogens is 2. The molecule has 0 fully saturated rings. The van der Waals surface area contributed by atoms with E-state index in [1.54, 1.807) is 0 Å². The lowest BCUT2D eigenvalue weighted by molar-refractivity contribution is 0.0952. The summed E-state index contributed by atoms with van der Waals surface area (Å²) in [5.41, 5.74) is 5.19. The molecular formula is C25H33N3O2. The summed E-state index contributed by atoms with van der Waals surface area (Å²) in [6.45, 7) is 9.01. The minimum Gasteiger partial charge on any atom is -0.380 e. The molecule has 0 radical (unpaired) electrons. The van der Waals surface area contributed by atoms with Crippen LogP contribution in [0.5, 0.6) is 0 Å². The van der Waals surface area contributed by atoms with E-state index in [0.29, 0.717) is 13.2 Å². The van der Waals surface area contributed by atoms with Crippen LogP contribution in [0, 0.1) is 13.8 Å². The molecule has 0 aliphatic carbocycles. The molecule has 1 amide bonds. The van der Waals surface area contributed by atoms with E-state index in [2.05, 4.69) is 28.1 Å². The maximum atomic E-state index is 12.4. The quantitative estimate of drug-likeness (QED) is 0.463. The second-order valence-electron chi connectivity index (χ2n) is 7.75. The number of para-hydroxylation sites is 2. The second kappa shape index (κ2) is 10.9. The van der Waals surface area contributed by atoms with Gasteiger partial charge in [0.05, 0.1) is 17.6 Å². The Balaban J connectivity index is 1.46. The highest BCUT2D eigenvalue weighted by Crippen LogP contribution is 2.18. The molecule has 0 bridgehead atoms. The third-order valence-electron chi connectivity index (χ3n) is 5.39. The van der Waals surface area contributed by atoms with Crippen LogP contribution in [0.1, 0.15) is 53.5 Å². The standard InChI is InChI=1S/C25H33N3O2/c1-4-30-17-16-28-23-11-8-7-10-22(23)27-24(28)12-6-5-9-15-26-25(29)21-14-13-19(2)18-20(21)3/h7-8,10-11,13-14,18H,4-6,9,12,15-17H2,1-3H3,(H,26,29). The van der Waals surface area contributed by atoms with E-state index in [9.17, 15) is 4.79 Å². The number of nitrogens with zero attached hydrogens (tertiary/aromatic N) is 2. The van der Waals surface area contributed by atoms with E-state index < -0.39 is 0 Å². The van der Waals surface area contributed by atoms with E-state index in [1.165, 1.54) is 11.1 Å². The van der Waals surface area contributed by atoms with Gasteiger partial charge in [-0.15, -0.1) is 0 Å². The van der Waals surface area contributed by atoms with Gasteiger partial charge in [0.15, 0.2) is 0 Å². The highest BCUT2D eigenvalue weighted by Gasteiger charge is 2.11. The molecule has 5 heteroatoms. The number of imidazole rings is 1. The van der Waals surface area contributed by atoms with Crippen LogP contribution in [-0.4, -0.2) is 35.2 Å². The predicted octanol–water partition coefficient (Wildman–Crippen LogP) is 4.83. The number of benzene rings is 2. The Morgan fingerprint density at radius 3 is 2.73 bits per heavy atom. The molecule has 3 rings (SSSR count). The third-order valence-corrected chi connectivity index (χ3v) is 5.39. The maximum absolute atomic E-state index is 12.4. The lowest BCUT2D eigenvalue weighted by Gasteiger charge is -2.10. The van der Waals surface area contributed by atoms with Gasteiger partial charge in [0, 0.05) is 31.7 Å². The lowest BCUT2D eigenvalue weighted by Crippen LogP contribution is -2.25. The number of ether oxygens (including phenoxy) is 1. The number of rotatable bonds is 11. The van der Waals surface area contributed by atoms with E-state index in [0.717, 1.165) is 61.3 Å². The van der Waals surface area contributed by atoms with Gasteiger partial charge in [-0.1, -0.05) is 36.2 Å². The molecule has 0 aliphatic rings. The summed E-state index contributed by atoms with van der Waals surface area (Å²) < 4.78 is 7.84. The Bertz CT molecular complexity index is 978. The van der Waals surface area contributed by atoms with Crippen molar-refractivity contribution in [2.45, 2.75) is 53.0 Å². The second-order valence-corrected chi connectivity index (χ2v) is 7.75. The van der Waals surface area contributed by atoms with Crippen molar-refractivity contribution >= 4 is 16.9 Å². The van der Waals surface area contributed by atoms with Crippen molar-refractivity contribution in [3.8, 4) is 0 Å². The Labute approximate surface area is 179 Å². The van der Waals surface area contributed by atoms with Crippen LogP contribution in [-0.2, 0) is 17.7 Å². The van der Waals surface area contributed by atoms with Crippen molar-refractivity contribution < 1.29 is 9.53 Å². The zero-order valence-corrected chi connectivity index (χ0v) is 18.4. The van der Waals surface area contributed by atoms with Gasteiger partial charge in [0.2, 0.25) is 0 Å². The molecule has 0 saturated carbocycles. The van der Waals surface area contributed by atoms with Gasteiger partial charge in [-0.3, -0.25) is 4.79 Å². The van der Waals surface area contributed by atoms with E-state index in [4.69, 9.17) is 9.72 Å². The fraction of sp³-hybridized carbons (Fsp3) is 0.440. The van der Waals surface area contributed by atoms with Gasteiger partial charge in [0.25, 0.3) is 5.91 Å². The van der Waals surface area contributed by atoms with Crippen LogP contribution in [0.25, 0.3) is 11.0 Å². The summed E-state index contributed by atoms with van der Waals surface area (Å²) in [5, 5.41) is 3.05. The molecule has 3 aromatic rings. The Hall–Kier alpha value is -2.66. The number of carbonyl (C=O) groups is 1. The van der Waals surface area contributed by atoms with Crippen LogP contribution in [0.15, 0.2) is 42.5 Å². The van der Waals surface area contributed by atoms with E-state index in [-0.39, 0.29) is 5.91 Å². The fourth-order valence-corrected chi connectivity index (χ4v) is 3.82. The van der Waals surface area contributed by atoms with E-state index in [1.807, 2.05) is 45.0 Å². The van der Waals surface area contributed by atoms with Gasteiger partial charge in [-0.05, 0) is 57.4 Å². The monoisotopic (exact) mass is 407 g/mol. The number of amides is 1. The summed E-state index contributed by atoms with van der Waals surface area (Å²) in [7, 11) is 0. The molecule has 0 atom stereocenters. The van der Waals surface area contributed by atoms with Gasteiger partial charge >= 0.3 is 0 Å². The zero-order chi connectivity index (χ0) is 21.3. The Kier molecular flexibility index (Phi) is 8.03. The average molecular weight is 408 g/mol. The third kappa shape index (κ3) is 5.70. The van der Waals surface area contributed by atoms with Crippen molar-refractivity contribution in [2.75, 3.05) is 19.8 Å². The zero-order valence-electron chi connectivity index (χ0n) is 18.4. The van der Waals surface area contributed by atoms with Crippen molar-refractivity contribution in [1.29, 1.82) is 0 Å². The van der Waals surface area contributed by atoms with Crippen LogP contribution >= 0.6 is 0 Å². The molecule has 30 heavy (non-hydrogen) atoms. The molecule has 160 valence electrons. The maximum Gasteiger partial charge on any atom is 0.251 e. The summed E-state index contributed by atoms with van der Waals surface area (Å²) in [6, 6.07) is 14.2. The number of aryl methyl sites for hydroxylation is 3. The SMILES string of the molecule is CCOCCn1c(CCCCCNC(=O)c2ccc(C)cc2C)nc2ccccc21. The molecule has 0 saturated heterocycles. The number of unbranched alkanes of at least 4 members (excludes halogenated alkanes) is 2. The fourth-order valence-electron chi connectivity index (χ4n) is 3.82. The minimum atomic E-state index is 0.0187. The average Bonchev–Trinajstić information content (AvgIpc) is 3.08. The lowest BCUT2D eigenvalue weighted by atomic mass is 10.1. The first kappa shape index (κ1) is 22.0. The largest absolute Gasteiger partial charge is 0.380 e. The first-order chi connectivity index (χ1) is 14.6. The molecule has 0 aliphatic heterocycles.